The van der Waals surface area contributed by atoms with Gasteiger partial charge in [-0.1, -0.05) is 12.1 Å². The van der Waals surface area contributed by atoms with Crippen molar-refractivity contribution in [2.75, 3.05) is 12.8 Å². The van der Waals surface area contributed by atoms with Crippen LogP contribution in [-0.4, -0.2) is 26.9 Å². The van der Waals surface area contributed by atoms with Crippen LogP contribution < -0.4 is 10.5 Å². The Morgan fingerprint density at radius 2 is 2.04 bits per heavy atom. The van der Waals surface area contributed by atoms with Gasteiger partial charge in [0.05, 0.1) is 19.9 Å². The second kappa shape index (κ2) is 5.73. The number of hydrogen-bond acceptors (Lipinski definition) is 4. The molecule has 4 aromatic rings. The summed E-state index contributed by atoms with van der Waals surface area (Å²) in [6.45, 7) is 0.695. The molecule has 3 heterocycles. The van der Waals surface area contributed by atoms with Crippen molar-refractivity contribution in [3.63, 3.8) is 0 Å². The minimum Gasteiger partial charge on any atom is -0.497 e. The highest BCUT2D eigenvalue weighted by Gasteiger charge is 2.10. The summed E-state index contributed by atoms with van der Waals surface area (Å²) >= 11 is 0. The van der Waals surface area contributed by atoms with E-state index >= 15 is 0 Å². The van der Waals surface area contributed by atoms with E-state index in [1.807, 2.05) is 59.7 Å². The molecule has 0 aliphatic rings. The van der Waals surface area contributed by atoms with Crippen molar-refractivity contribution >= 4 is 16.9 Å². The first-order chi connectivity index (χ1) is 11.7. The fourth-order valence-electron chi connectivity index (χ4n) is 2.80. The van der Waals surface area contributed by atoms with E-state index in [4.69, 9.17) is 10.5 Å². The highest BCUT2D eigenvalue weighted by molar-refractivity contribution is 5.94. The molecule has 0 amide bonds. The van der Waals surface area contributed by atoms with Gasteiger partial charge in [0.1, 0.15) is 17.2 Å². The van der Waals surface area contributed by atoms with Crippen LogP contribution in [0, 0.1) is 0 Å². The standard InChI is InChI=1S/C18H17N5O/c1-24-14-4-2-12(3-5-14)10-23-11-13(9-21-23)16-8-17(19)22-18-15(16)6-7-20-18/h2-9,11H,10H2,1H3,(H3,19,20,22). The van der Waals surface area contributed by atoms with Crippen LogP contribution in [0.5, 0.6) is 5.75 Å². The normalized spacial score (nSPS) is 11.0. The predicted molar refractivity (Wildman–Crippen MR) is 93.8 cm³/mol. The van der Waals surface area contributed by atoms with Crippen molar-refractivity contribution in [3.05, 3.63) is 60.6 Å². The maximum atomic E-state index is 5.91. The second-order valence-corrected chi connectivity index (χ2v) is 5.61. The SMILES string of the molecule is COc1ccc(Cn2cc(-c3cc(N)nc4[nH]ccc34)cn2)cc1. The Labute approximate surface area is 138 Å². The van der Waals surface area contributed by atoms with E-state index < -0.39 is 0 Å². The highest BCUT2D eigenvalue weighted by atomic mass is 16.5. The van der Waals surface area contributed by atoms with Crippen LogP contribution in [-0.2, 0) is 6.54 Å². The molecule has 3 aromatic heterocycles. The first-order valence-corrected chi connectivity index (χ1v) is 7.62. The number of nitrogens with two attached hydrogens (primary N) is 1. The van der Waals surface area contributed by atoms with Crippen molar-refractivity contribution in [1.29, 1.82) is 0 Å². The van der Waals surface area contributed by atoms with Crippen LogP contribution in [0.1, 0.15) is 5.56 Å². The van der Waals surface area contributed by atoms with E-state index in [1.165, 1.54) is 0 Å². The van der Waals surface area contributed by atoms with E-state index in [2.05, 4.69) is 15.1 Å². The van der Waals surface area contributed by atoms with E-state index in [9.17, 15) is 0 Å². The van der Waals surface area contributed by atoms with Gasteiger partial charge in [-0.3, -0.25) is 4.68 Å². The van der Waals surface area contributed by atoms with Crippen LogP contribution in [0.2, 0.25) is 0 Å². The minimum absolute atomic E-state index is 0.489. The van der Waals surface area contributed by atoms with Gasteiger partial charge in [0, 0.05) is 23.3 Å². The number of H-pyrrole nitrogens is 1. The Kier molecular flexibility index (Phi) is 3.42. The predicted octanol–water partition coefficient (Wildman–Crippen LogP) is 3.07. The number of rotatable bonds is 4. The molecule has 24 heavy (non-hydrogen) atoms. The lowest BCUT2D eigenvalue weighted by molar-refractivity contribution is 0.414. The zero-order valence-electron chi connectivity index (χ0n) is 13.2. The average molecular weight is 319 g/mol. The molecule has 0 saturated carbocycles. The van der Waals surface area contributed by atoms with Gasteiger partial charge in [0.25, 0.3) is 0 Å². The van der Waals surface area contributed by atoms with Crippen molar-refractivity contribution in [2.45, 2.75) is 6.54 Å². The molecule has 6 nitrogen and oxygen atoms in total. The van der Waals surface area contributed by atoms with Gasteiger partial charge in [-0.15, -0.1) is 0 Å². The van der Waals surface area contributed by atoms with E-state index in [0.717, 1.165) is 33.5 Å². The van der Waals surface area contributed by atoms with E-state index in [-0.39, 0.29) is 0 Å². The van der Waals surface area contributed by atoms with Gasteiger partial charge in [-0.2, -0.15) is 5.10 Å². The molecule has 0 fully saturated rings. The summed E-state index contributed by atoms with van der Waals surface area (Å²) in [6.07, 6.45) is 5.73. The largest absolute Gasteiger partial charge is 0.497 e. The van der Waals surface area contributed by atoms with Gasteiger partial charge >= 0.3 is 0 Å². The number of methoxy groups -OCH3 is 1. The third-order valence-electron chi connectivity index (χ3n) is 4.00. The smallest absolute Gasteiger partial charge is 0.140 e. The molecular weight excluding hydrogens is 302 g/mol. The Balaban J connectivity index is 1.65. The highest BCUT2D eigenvalue weighted by Crippen LogP contribution is 2.28. The van der Waals surface area contributed by atoms with Gasteiger partial charge in [0.2, 0.25) is 0 Å². The summed E-state index contributed by atoms with van der Waals surface area (Å²) in [5.41, 5.74) is 9.90. The van der Waals surface area contributed by atoms with E-state index in [1.54, 1.807) is 7.11 Å². The molecule has 0 radical (unpaired) electrons. The van der Waals surface area contributed by atoms with Crippen LogP contribution in [0.3, 0.4) is 0 Å². The number of aromatic nitrogens is 4. The molecule has 6 heteroatoms. The second-order valence-electron chi connectivity index (χ2n) is 5.61. The number of nitrogens with zero attached hydrogens (tertiary/aromatic N) is 3. The van der Waals surface area contributed by atoms with Crippen molar-refractivity contribution in [1.82, 2.24) is 19.7 Å². The third-order valence-corrected chi connectivity index (χ3v) is 4.00. The molecule has 3 N–H and O–H groups in total. The van der Waals surface area contributed by atoms with Crippen molar-refractivity contribution < 1.29 is 4.74 Å². The lowest BCUT2D eigenvalue weighted by Gasteiger charge is -2.04. The quantitative estimate of drug-likeness (QED) is 0.605. The fourth-order valence-corrected chi connectivity index (χ4v) is 2.80. The van der Waals surface area contributed by atoms with Gasteiger partial charge < -0.3 is 15.5 Å². The Hall–Kier alpha value is -3.28. The summed E-state index contributed by atoms with van der Waals surface area (Å²) in [7, 11) is 1.66. The van der Waals surface area contributed by atoms with Gasteiger partial charge in [0.15, 0.2) is 0 Å². The Bertz CT molecular complexity index is 984. The molecule has 4 rings (SSSR count). The topological polar surface area (TPSA) is 81.8 Å². The first-order valence-electron chi connectivity index (χ1n) is 7.62. The summed E-state index contributed by atoms with van der Waals surface area (Å²) in [4.78, 5) is 7.39. The Morgan fingerprint density at radius 1 is 1.21 bits per heavy atom. The average Bonchev–Trinajstić information content (AvgIpc) is 3.24. The van der Waals surface area contributed by atoms with Crippen LogP contribution in [0.25, 0.3) is 22.2 Å². The first kappa shape index (κ1) is 14.3. The Morgan fingerprint density at radius 3 is 2.83 bits per heavy atom. The minimum atomic E-state index is 0.489. The lowest BCUT2D eigenvalue weighted by Crippen LogP contribution is -1.99. The van der Waals surface area contributed by atoms with E-state index in [0.29, 0.717) is 12.4 Å². The fraction of sp³-hybridized carbons (Fsp3) is 0.111. The molecule has 0 bridgehead atoms. The zero-order valence-corrected chi connectivity index (χ0v) is 13.2. The number of pyridine rings is 1. The van der Waals surface area contributed by atoms with Crippen LogP contribution in [0.15, 0.2) is 55.0 Å². The molecule has 0 unspecified atom stereocenters. The number of benzene rings is 1. The molecule has 1 aromatic carbocycles. The summed E-state index contributed by atoms with van der Waals surface area (Å²) < 4.78 is 7.09. The summed E-state index contributed by atoms with van der Waals surface area (Å²) in [5, 5.41) is 5.50. The maximum absolute atomic E-state index is 5.91. The number of ether oxygens (including phenoxy) is 1. The number of nitrogens with one attached hydrogen (secondary N) is 1. The lowest BCUT2D eigenvalue weighted by atomic mass is 10.1. The number of hydrogen-bond donors (Lipinski definition) is 2. The molecule has 0 aliphatic carbocycles. The monoisotopic (exact) mass is 319 g/mol. The summed E-state index contributed by atoms with van der Waals surface area (Å²) in [6, 6.07) is 11.9. The molecule has 0 aliphatic heterocycles. The molecular formula is C18H17N5O. The number of aromatic amines is 1. The molecule has 120 valence electrons. The third kappa shape index (κ3) is 2.58. The maximum Gasteiger partial charge on any atom is 0.140 e. The van der Waals surface area contributed by atoms with Crippen LogP contribution in [0.4, 0.5) is 5.82 Å². The van der Waals surface area contributed by atoms with Crippen LogP contribution >= 0.6 is 0 Å². The summed E-state index contributed by atoms with van der Waals surface area (Å²) in [5.74, 6) is 1.34. The van der Waals surface area contributed by atoms with Gasteiger partial charge in [-0.25, -0.2) is 4.98 Å². The van der Waals surface area contributed by atoms with Gasteiger partial charge in [-0.05, 0) is 35.4 Å². The zero-order chi connectivity index (χ0) is 16.5. The molecule has 0 saturated heterocycles. The van der Waals surface area contributed by atoms with Crippen molar-refractivity contribution in [2.24, 2.45) is 0 Å². The van der Waals surface area contributed by atoms with Crippen molar-refractivity contribution in [3.8, 4) is 16.9 Å². The number of nitrogen functional groups attached to an aromatic ring is 1. The molecule has 0 spiro atoms. The number of anilines is 1. The number of fused-ring (bicyclic) bond motifs is 1. The molecule has 0 atom stereocenters.